The molecule has 0 aromatic heterocycles. The molecule has 0 aliphatic heterocycles. The molecule has 0 amide bonds. The van der Waals surface area contributed by atoms with Gasteiger partial charge in [-0.2, -0.15) is 8.42 Å². The normalized spacial score (nSPS) is 13.4. The van der Waals surface area contributed by atoms with Crippen LogP contribution in [0, 0.1) is 6.92 Å². The van der Waals surface area contributed by atoms with Gasteiger partial charge < -0.3 is 0 Å². The summed E-state index contributed by atoms with van der Waals surface area (Å²) in [6.45, 7) is 1.36. The smallest absolute Gasteiger partial charge is 0.284 e. The maximum atomic E-state index is 11.9. The van der Waals surface area contributed by atoms with Crippen molar-refractivity contribution in [2.24, 2.45) is 0 Å². The first-order valence-corrected chi connectivity index (χ1v) is 8.46. The quantitative estimate of drug-likeness (QED) is 0.643. The SMILES string of the molecule is Cc1ccc2cc(S(=O)OCCOS(=O)(=O)O)ccc2c1. The van der Waals surface area contributed by atoms with E-state index in [2.05, 4.69) is 4.18 Å². The van der Waals surface area contributed by atoms with E-state index in [0.717, 1.165) is 16.3 Å². The number of rotatable bonds is 6. The first kappa shape index (κ1) is 16.1. The molecular formula is C13H14O6S2. The number of hydrogen-bond donors (Lipinski definition) is 1. The average Bonchev–Trinajstić information content (AvgIpc) is 2.41. The van der Waals surface area contributed by atoms with Crippen molar-refractivity contribution in [2.45, 2.75) is 11.8 Å². The highest BCUT2D eigenvalue weighted by atomic mass is 32.3. The van der Waals surface area contributed by atoms with Crippen molar-refractivity contribution in [2.75, 3.05) is 13.2 Å². The molecular weight excluding hydrogens is 316 g/mol. The fourth-order valence-electron chi connectivity index (χ4n) is 1.76. The van der Waals surface area contributed by atoms with Gasteiger partial charge >= 0.3 is 10.4 Å². The molecule has 1 unspecified atom stereocenters. The summed E-state index contributed by atoms with van der Waals surface area (Å²) in [7, 11) is -4.50. The molecule has 0 heterocycles. The van der Waals surface area contributed by atoms with E-state index in [1.165, 1.54) is 0 Å². The van der Waals surface area contributed by atoms with Gasteiger partial charge in [0.05, 0.1) is 18.1 Å². The number of benzene rings is 2. The van der Waals surface area contributed by atoms with E-state index in [0.29, 0.717) is 4.90 Å². The highest BCUT2D eigenvalue weighted by molar-refractivity contribution is 7.81. The Morgan fingerprint density at radius 1 is 1.10 bits per heavy atom. The molecule has 1 N–H and O–H groups in total. The minimum atomic E-state index is -4.50. The molecule has 0 saturated heterocycles. The fourth-order valence-corrected chi connectivity index (χ4v) is 2.80. The summed E-state index contributed by atoms with van der Waals surface area (Å²) >= 11 is -1.73. The Hall–Kier alpha value is -1.32. The molecule has 2 aromatic carbocycles. The second kappa shape index (κ2) is 6.63. The molecule has 21 heavy (non-hydrogen) atoms. The molecule has 1 atom stereocenters. The molecule has 8 heteroatoms. The molecule has 114 valence electrons. The van der Waals surface area contributed by atoms with Gasteiger partial charge in [0, 0.05) is 0 Å². The predicted molar refractivity (Wildman–Crippen MR) is 78.5 cm³/mol. The Balaban J connectivity index is 2.01. The standard InChI is InChI=1S/C13H14O6S2/c1-10-2-3-12-9-13(5-4-11(12)8-10)20(14)18-6-7-19-21(15,16)17/h2-5,8-9H,6-7H2,1H3,(H,15,16,17). The fraction of sp³-hybridized carbons (Fsp3) is 0.231. The van der Waals surface area contributed by atoms with Crippen molar-refractivity contribution in [1.29, 1.82) is 0 Å². The number of fused-ring (bicyclic) bond motifs is 1. The van der Waals surface area contributed by atoms with Crippen LogP contribution >= 0.6 is 0 Å². The van der Waals surface area contributed by atoms with Crippen molar-refractivity contribution in [3.8, 4) is 0 Å². The third-order valence-electron chi connectivity index (χ3n) is 2.67. The van der Waals surface area contributed by atoms with Crippen LogP contribution in [0.25, 0.3) is 10.8 Å². The predicted octanol–water partition coefficient (Wildman–Crippen LogP) is 2.01. The van der Waals surface area contributed by atoms with Crippen LogP contribution in [0.2, 0.25) is 0 Å². The van der Waals surface area contributed by atoms with Gasteiger partial charge in [0.1, 0.15) is 0 Å². The first-order chi connectivity index (χ1) is 9.85. The second-order valence-corrected chi connectivity index (χ2v) is 6.59. The zero-order valence-electron chi connectivity index (χ0n) is 11.2. The molecule has 0 aliphatic rings. The van der Waals surface area contributed by atoms with Gasteiger partial charge in [-0.15, -0.1) is 0 Å². The number of aryl methyl sites for hydroxylation is 1. The lowest BCUT2D eigenvalue weighted by atomic mass is 10.1. The molecule has 0 fully saturated rings. The molecule has 0 spiro atoms. The van der Waals surface area contributed by atoms with E-state index in [1.54, 1.807) is 12.1 Å². The topological polar surface area (TPSA) is 89.9 Å². The van der Waals surface area contributed by atoms with Crippen LogP contribution in [0.5, 0.6) is 0 Å². The summed E-state index contributed by atoms with van der Waals surface area (Å²) in [6.07, 6.45) is 0. The van der Waals surface area contributed by atoms with Gasteiger partial charge in [0.15, 0.2) is 11.1 Å². The van der Waals surface area contributed by atoms with E-state index in [4.69, 9.17) is 8.74 Å². The van der Waals surface area contributed by atoms with Gasteiger partial charge in [-0.25, -0.2) is 8.39 Å². The van der Waals surface area contributed by atoms with Crippen LogP contribution < -0.4 is 0 Å². The van der Waals surface area contributed by atoms with Crippen molar-refractivity contribution in [3.63, 3.8) is 0 Å². The summed E-state index contributed by atoms with van der Waals surface area (Å²) in [5.74, 6) is 0. The van der Waals surface area contributed by atoms with Gasteiger partial charge in [-0.3, -0.25) is 8.74 Å². The highest BCUT2D eigenvalue weighted by Crippen LogP contribution is 2.20. The maximum Gasteiger partial charge on any atom is 0.397 e. The Labute approximate surface area is 125 Å². The van der Waals surface area contributed by atoms with E-state index >= 15 is 0 Å². The van der Waals surface area contributed by atoms with E-state index in [9.17, 15) is 12.6 Å². The first-order valence-electron chi connectivity index (χ1n) is 6.02. The number of hydrogen-bond acceptors (Lipinski definition) is 5. The second-order valence-electron chi connectivity index (χ2n) is 4.32. The third kappa shape index (κ3) is 4.87. The maximum absolute atomic E-state index is 11.9. The lowest BCUT2D eigenvalue weighted by Crippen LogP contribution is -2.11. The van der Waals surface area contributed by atoms with E-state index in [-0.39, 0.29) is 6.61 Å². The molecule has 0 radical (unpaired) electrons. The monoisotopic (exact) mass is 330 g/mol. The minimum Gasteiger partial charge on any atom is -0.284 e. The zero-order chi connectivity index (χ0) is 15.5. The third-order valence-corrected chi connectivity index (χ3v) is 4.15. The molecule has 6 nitrogen and oxygen atoms in total. The molecule has 2 rings (SSSR count). The van der Waals surface area contributed by atoms with Crippen LogP contribution in [0.15, 0.2) is 41.3 Å². The molecule has 0 saturated carbocycles. The minimum absolute atomic E-state index is 0.224. The van der Waals surface area contributed by atoms with Crippen LogP contribution in [-0.4, -0.2) is 30.4 Å². The van der Waals surface area contributed by atoms with Crippen molar-refractivity contribution >= 4 is 32.3 Å². The van der Waals surface area contributed by atoms with Gasteiger partial charge in [-0.1, -0.05) is 29.8 Å². The Kier molecular flexibility index (Phi) is 5.07. The molecule has 2 aromatic rings. The molecule has 0 aliphatic carbocycles. The highest BCUT2D eigenvalue weighted by Gasteiger charge is 2.08. The largest absolute Gasteiger partial charge is 0.397 e. The summed E-state index contributed by atoms with van der Waals surface area (Å²) < 4.78 is 49.9. The Morgan fingerprint density at radius 3 is 2.48 bits per heavy atom. The van der Waals surface area contributed by atoms with Crippen LogP contribution in [0.4, 0.5) is 0 Å². The van der Waals surface area contributed by atoms with Crippen LogP contribution in [0.3, 0.4) is 0 Å². The lowest BCUT2D eigenvalue weighted by Gasteiger charge is -2.05. The summed E-state index contributed by atoms with van der Waals surface area (Å²) in [5, 5.41) is 1.97. The Morgan fingerprint density at radius 2 is 1.76 bits per heavy atom. The summed E-state index contributed by atoms with van der Waals surface area (Å²) in [6, 6.07) is 11.2. The molecule has 0 bridgehead atoms. The van der Waals surface area contributed by atoms with Crippen LogP contribution in [-0.2, 0) is 29.8 Å². The van der Waals surface area contributed by atoms with Gasteiger partial charge in [-0.05, 0) is 29.8 Å². The lowest BCUT2D eigenvalue weighted by molar-refractivity contribution is 0.212. The van der Waals surface area contributed by atoms with Crippen molar-refractivity contribution in [1.82, 2.24) is 0 Å². The van der Waals surface area contributed by atoms with Crippen LogP contribution in [0.1, 0.15) is 5.56 Å². The van der Waals surface area contributed by atoms with E-state index in [1.807, 2.05) is 31.2 Å². The van der Waals surface area contributed by atoms with Gasteiger partial charge in [0.25, 0.3) is 0 Å². The van der Waals surface area contributed by atoms with E-state index < -0.39 is 28.1 Å². The Bertz CT molecular complexity index is 769. The summed E-state index contributed by atoms with van der Waals surface area (Å²) in [5.41, 5.74) is 1.13. The van der Waals surface area contributed by atoms with Crippen molar-refractivity contribution < 1.29 is 25.5 Å². The summed E-state index contributed by atoms with van der Waals surface area (Å²) in [4.78, 5) is 0.471. The zero-order valence-corrected chi connectivity index (χ0v) is 12.8. The van der Waals surface area contributed by atoms with Gasteiger partial charge in [0.2, 0.25) is 0 Å². The average molecular weight is 330 g/mol. The van der Waals surface area contributed by atoms with Crippen molar-refractivity contribution in [3.05, 3.63) is 42.0 Å².